The monoisotopic (exact) mass is 303 g/mol. The predicted octanol–water partition coefficient (Wildman–Crippen LogP) is 3.26. The summed E-state index contributed by atoms with van der Waals surface area (Å²) in [6.07, 6.45) is 4.79. The third-order valence-electron chi connectivity index (χ3n) is 4.51. The lowest BCUT2D eigenvalue weighted by Crippen LogP contribution is -2.46. The Labute approximate surface area is 132 Å². The van der Waals surface area contributed by atoms with E-state index in [1.54, 1.807) is 0 Å². The summed E-state index contributed by atoms with van der Waals surface area (Å²) in [5.74, 6) is -0.621. The first-order valence-corrected chi connectivity index (χ1v) is 8.07. The van der Waals surface area contributed by atoms with E-state index in [0.29, 0.717) is 19.3 Å². The molecule has 0 radical (unpaired) electrons. The highest BCUT2D eigenvalue weighted by atomic mass is 16.4. The fraction of sp³-hybridized carbons (Fsp3) is 0.556. The summed E-state index contributed by atoms with van der Waals surface area (Å²) in [7, 11) is 0. The molecule has 1 aliphatic heterocycles. The van der Waals surface area contributed by atoms with Crippen LogP contribution in [0.4, 0.5) is 0 Å². The number of carboxylic acid groups (broad SMARTS) is 1. The van der Waals surface area contributed by atoms with Crippen LogP contribution in [0.3, 0.4) is 0 Å². The number of likely N-dealkylation sites (tertiary alicyclic amines) is 1. The first-order chi connectivity index (χ1) is 10.5. The van der Waals surface area contributed by atoms with Crippen molar-refractivity contribution in [3.05, 3.63) is 35.9 Å². The standard InChI is InChI=1S/C18H25NO3/c1-18(14-15-8-3-2-4-9-15)12-7-13-19(18)16(20)10-5-6-11-17(21)22/h2-4,8-9H,5-7,10-14H2,1H3,(H,21,22). The highest BCUT2D eigenvalue weighted by Crippen LogP contribution is 2.33. The van der Waals surface area contributed by atoms with Crippen molar-refractivity contribution in [1.29, 1.82) is 0 Å². The molecule has 0 spiro atoms. The van der Waals surface area contributed by atoms with Gasteiger partial charge in [0.25, 0.3) is 0 Å². The zero-order chi connectivity index (χ0) is 16.0. The summed E-state index contributed by atoms with van der Waals surface area (Å²) in [5.41, 5.74) is 1.15. The molecule has 1 unspecified atom stereocenters. The first-order valence-electron chi connectivity index (χ1n) is 8.07. The number of unbranched alkanes of at least 4 members (excludes halogenated alkanes) is 1. The van der Waals surface area contributed by atoms with Gasteiger partial charge in [0.2, 0.25) is 5.91 Å². The number of aliphatic carboxylic acids is 1. The second kappa shape index (κ2) is 7.43. The van der Waals surface area contributed by atoms with E-state index in [1.165, 1.54) is 5.56 Å². The molecule has 22 heavy (non-hydrogen) atoms. The number of rotatable bonds is 7. The smallest absolute Gasteiger partial charge is 0.303 e. The van der Waals surface area contributed by atoms with Crippen LogP contribution < -0.4 is 0 Å². The van der Waals surface area contributed by atoms with Crippen molar-refractivity contribution < 1.29 is 14.7 Å². The lowest BCUT2D eigenvalue weighted by molar-refractivity contribution is -0.138. The number of amides is 1. The van der Waals surface area contributed by atoms with Crippen LogP contribution in [0, 0.1) is 0 Å². The quantitative estimate of drug-likeness (QED) is 0.787. The molecule has 1 saturated heterocycles. The summed E-state index contributed by atoms with van der Waals surface area (Å²) >= 11 is 0. The zero-order valence-corrected chi connectivity index (χ0v) is 13.3. The maximum atomic E-state index is 12.5. The minimum absolute atomic E-state index is 0.106. The van der Waals surface area contributed by atoms with E-state index in [9.17, 15) is 9.59 Å². The van der Waals surface area contributed by atoms with Gasteiger partial charge in [-0.05, 0) is 44.6 Å². The fourth-order valence-electron chi connectivity index (χ4n) is 3.36. The number of carbonyl (C=O) groups is 2. The van der Waals surface area contributed by atoms with E-state index in [-0.39, 0.29) is 17.9 Å². The molecular formula is C18H25NO3. The molecule has 120 valence electrons. The van der Waals surface area contributed by atoms with Crippen LogP contribution in [0.2, 0.25) is 0 Å². The van der Waals surface area contributed by atoms with Crippen molar-refractivity contribution in [3.8, 4) is 0 Å². The Morgan fingerprint density at radius 3 is 2.55 bits per heavy atom. The van der Waals surface area contributed by atoms with Crippen molar-refractivity contribution in [1.82, 2.24) is 4.90 Å². The number of benzene rings is 1. The van der Waals surface area contributed by atoms with Gasteiger partial charge >= 0.3 is 5.97 Å². The molecule has 4 heteroatoms. The summed E-state index contributed by atoms with van der Waals surface area (Å²) in [4.78, 5) is 25.0. The molecule has 1 N–H and O–H groups in total. The lowest BCUT2D eigenvalue weighted by atomic mass is 9.90. The lowest BCUT2D eigenvalue weighted by Gasteiger charge is -2.36. The van der Waals surface area contributed by atoms with Gasteiger partial charge in [-0.25, -0.2) is 0 Å². The third-order valence-corrected chi connectivity index (χ3v) is 4.51. The molecule has 1 fully saturated rings. The molecule has 1 aromatic carbocycles. The molecule has 0 saturated carbocycles. The van der Waals surface area contributed by atoms with Crippen molar-refractivity contribution in [3.63, 3.8) is 0 Å². The van der Waals surface area contributed by atoms with Gasteiger partial charge in [0.1, 0.15) is 0 Å². The Morgan fingerprint density at radius 1 is 1.18 bits per heavy atom. The van der Waals surface area contributed by atoms with E-state index >= 15 is 0 Å². The molecule has 0 aromatic heterocycles. The normalized spacial score (nSPS) is 21.0. The fourth-order valence-corrected chi connectivity index (χ4v) is 3.36. The van der Waals surface area contributed by atoms with Crippen LogP contribution in [0.25, 0.3) is 0 Å². The number of carboxylic acids is 1. The van der Waals surface area contributed by atoms with Gasteiger partial charge in [0.15, 0.2) is 0 Å². The van der Waals surface area contributed by atoms with Gasteiger partial charge in [0.05, 0.1) is 0 Å². The number of carbonyl (C=O) groups excluding carboxylic acids is 1. The summed E-state index contributed by atoms with van der Waals surface area (Å²) in [6, 6.07) is 10.3. The molecule has 0 bridgehead atoms. The molecule has 1 atom stereocenters. The average Bonchev–Trinajstić information content (AvgIpc) is 2.85. The Kier molecular flexibility index (Phi) is 5.58. The van der Waals surface area contributed by atoms with Crippen molar-refractivity contribution in [2.24, 2.45) is 0 Å². The van der Waals surface area contributed by atoms with Gasteiger partial charge in [-0.1, -0.05) is 30.3 Å². The first kappa shape index (κ1) is 16.5. The van der Waals surface area contributed by atoms with Crippen molar-refractivity contribution in [2.75, 3.05) is 6.54 Å². The molecule has 2 rings (SSSR count). The minimum Gasteiger partial charge on any atom is -0.481 e. The van der Waals surface area contributed by atoms with Gasteiger partial charge in [-0.15, -0.1) is 0 Å². The summed E-state index contributed by atoms with van der Waals surface area (Å²) in [6.45, 7) is 2.99. The van der Waals surface area contributed by atoms with Crippen molar-refractivity contribution in [2.45, 2.75) is 57.4 Å². The molecule has 1 aromatic rings. The van der Waals surface area contributed by atoms with Crippen LogP contribution in [0.15, 0.2) is 30.3 Å². The molecule has 1 amide bonds. The second-order valence-electron chi connectivity index (χ2n) is 6.41. The Bertz CT molecular complexity index is 514. The molecule has 1 heterocycles. The van der Waals surface area contributed by atoms with E-state index in [2.05, 4.69) is 19.1 Å². The number of nitrogens with zero attached hydrogens (tertiary/aromatic N) is 1. The molecule has 1 aliphatic rings. The molecule has 0 aliphatic carbocycles. The van der Waals surface area contributed by atoms with Crippen LogP contribution in [-0.2, 0) is 16.0 Å². The second-order valence-corrected chi connectivity index (χ2v) is 6.41. The van der Waals surface area contributed by atoms with E-state index in [1.807, 2.05) is 23.1 Å². The maximum Gasteiger partial charge on any atom is 0.303 e. The predicted molar refractivity (Wildman–Crippen MR) is 85.6 cm³/mol. The van der Waals surface area contributed by atoms with E-state index in [4.69, 9.17) is 5.11 Å². The SMILES string of the molecule is CC1(Cc2ccccc2)CCCN1C(=O)CCCCC(=O)O. The topological polar surface area (TPSA) is 57.6 Å². The highest BCUT2D eigenvalue weighted by molar-refractivity contribution is 5.77. The van der Waals surface area contributed by atoms with Gasteiger partial charge in [-0.3, -0.25) is 9.59 Å². The maximum absolute atomic E-state index is 12.5. The molecular weight excluding hydrogens is 278 g/mol. The van der Waals surface area contributed by atoms with E-state index in [0.717, 1.165) is 25.8 Å². The van der Waals surface area contributed by atoms with Crippen LogP contribution in [0.1, 0.15) is 51.0 Å². The van der Waals surface area contributed by atoms with Gasteiger partial charge in [-0.2, -0.15) is 0 Å². The van der Waals surface area contributed by atoms with Crippen LogP contribution in [0.5, 0.6) is 0 Å². The largest absolute Gasteiger partial charge is 0.481 e. The third kappa shape index (κ3) is 4.33. The average molecular weight is 303 g/mol. The Morgan fingerprint density at radius 2 is 1.86 bits per heavy atom. The number of hydrogen-bond donors (Lipinski definition) is 1. The van der Waals surface area contributed by atoms with E-state index < -0.39 is 5.97 Å². The Hall–Kier alpha value is -1.84. The minimum atomic E-state index is -0.789. The van der Waals surface area contributed by atoms with Gasteiger partial charge < -0.3 is 10.0 Å². The highest BCUT2D eigenvalue weighted by Gasteiger charge is 2.38. The summed E-state index contributed by atoms with van der Waals surface area (Å²) in [5, 5.41) is 8.64. The summed E-state index contributed by atoms with van der Waals surface area (Å²) < 4.78 is 0. The Balaban J connectivity index is 1.91. The van der Waals surface area contributed by atoms with Crippen LogP contribution >= 0.6 is 0 Å². The van der Waals surface area contributed by atoms with Crippen LogP contribution in [-0.4, -0.2) is 34.0 Å². The zero-order valence-electron chi connectivity index (χ0n) is 13.3. The molecule has 4 nitrogen and oxygen atoms in total. The van der Waals surface area contributed by atoms with Crippen molar-refractivity contribution >= 4 is 11.9 Å². The van der Waals surface area contributed by atoms with Gasteiger partial charge in [0, 0.05) is 24.9 Å². The number of hydrogen-bond acceptors (Lipinski definition) is 2.